The number of ether oxygens (including phenoxy) is 2. The molecule has 2 aromatic carbocycles. The Balaban J connectivity index is 1.74. The highest BCUT2D eigenvalue weighted by Gasteiger charge is 2.25. The molecule has 35 heavy (non-hydrogen) atoms. The number of thiophene rings is 1. The Kier molecular flexibility index (Phi) is 8.38. The Morgan fingerprint density at radius 3 is 2.11 bits per heavy atom. The third-order valence-corrected chi connectivity index (χ3v) is 5.95. The SMILES string of the molecule is CCOC(=O)c1c(NC(=O)COC(=O)c2ccc(NC(C)=O)cc2)sc(C)c1-c1ccc(C)cc1. The van der Waals surface area contributed by atoms with Gasteiger partial charge in [-0.15, -0.1) is 11.3 Å². The Bertz CT molecular complexity index is 1250. The number of hydrogen-bond acceptors (Lipinski definition) is 7. The van der Waals surface area contributed by atoms with Crippen molar-refractivity contribution in [1.82, 2.24) is 0 Å². The van der Waals surface area contributed by atoms with Crippen molar-refractivity contribution >= 4 is 45.8 Å². The predicted octanol–water partition coefficient (Wildman–Crippen LogP) is 4.96. The van der Waals surface area contributed by atoms with Crippen molar-refractivity contribution in [3.8, 4) is 11.1 Å². The van der Waals surface area contributed by atoms with Crippen LogP contribution in [-0.4, -0.2) is 37.0 Å². The van der Waals surface area contributed by atoms with Crippen molar-refractivity contribution in [1.29, 1.82) is 0 Å². The zero-order valence-electron chi connectivity index (χ0n) is 19.9. The molecule has 0 radical (unpaired) electrons. The number of carbonyl (C=O) groups is 4. The Hall–Kier alpha value is -3.98. The van der Waals surface area contributed by atoms with Crippen molar-refractivity contribution in [3.05, 3.63) is 70.1 Å². The van der Waals surface area contributed by atoms with Crippen LogP contribution in [0.4, 0.5) is 10.7 Å². The van der Waals surface area contributed by atoms with E-state index in [1.807, 2.05) is 38.1 Å². The predicted molar refractivity (Wildman–Crippen MR) is 135 cm³/mol. The summed E-state index contributed by atoms with van der Waals surface area (Å²) in [7, 11) is 0. The normalized spacial score (nSPS) is 10.4. The average Bonchev–Trinajstić information content (AvgIpc) is 3.13. The number of aryl methyl sites for hydroxylation is 2. The van der Waals surface area contributed by atoms with Crippen LogP contribution < -0.4 is 10.6 Å². The highest BCUT2D eigenvalue weighted by molar-refractivity contribution is 7.17. The fraction of sp³-hybridized carbons (Fsp3) is 0.231. The zero-order valence-corrected chi connectivity index (χ0v) is 20.7. The van der Waals surface area contributed by atoms with E-state index in [9.17, 15) is 19.2 Å². The van der Waals surface area contributed by atoms with E-state index in [0.29, 0.717) is 16.3 Å². The Labute approximate surface area is 207 Å². The lowest BCUT2D eigenvalue weighted by atomic mass is 10.0. The number of amides is 2. The average molecular weight is 495 g/mol. The molecule has 0 aliphatic carbocycles. The largest absolute Gasteiger partial charge is 0.462 e. The number of rotatable bonds is 8. The summed E-state index contributed by atoms with van der Waals surface area (Å²) in [6.07, 6.45) is 0. The van der Waals surface area contributed by atoms with Gasteiger partial charge in [-0.2, -0.15) is 0 Å². The highest BCUT2D eigenvalue weighted by Crippen LogP contribution is 2.40. The second-order valence-corrected chi connectivity index (χ2v) is 8.93. The van der Waals surface area contributed by atoms with Crippen molar-refractivity contribution in [2.24, 2.45) is 0 Å². The number of hydrogen-bond donors (Lipinski definition) is 2. The van der Waals surface area contributed by atoms with Crippen molar-refractivity contribution in [3.63, 3.8) is 0 Å². The van der Waals surface area contributed by atoms with Gasteiger partial charge in [-0.25, -0.2) is 9.59 Å². The summed E-state index contributed by atoms with van der Waals surface area (Å²) >= 11 is 1.25. The second kappa shape index (κ2) is 11.4. The first kappa shape index (κ1) is 25.6. The van der Waals surface area contributed by atoms with Crippen LogP contribution in [0.5, 0.6) is 0 Å². The Morgan fingerprint density at radius 1 is 0.857 bits per heavy atom. The molecule has 0 atom stereocenters. The van der Waals surface area contributed by atoms with Gasteiger partial charge in [0.25, 0.3) is 5.91 Å². The van der Waals surface area contributed by atoms with Crippen LogP contribution in [-0.2, 0) is 19.1 Å². The van der Waals surface area contributed by atoms with Crippen molar-refractivity contribution < 1.29 is 28.7 Å². The molecule has 0 saturated carbocycles. The molecule has 8 nitrogen and oxygen atoms in total. The third kappa shape index (κ3) is 6.54. The maximum absolute atomic E-state index is 12.8. The highest BCUT2D eigenvalue weighted by atomic mass is 32.1. The molecule has 0 spiro atoms. The van der Waals surface area contributed by atoms with E-state index in [1.54, 1.807) is 19.1 Å². The number of nitrogens with one attached hydrogen (secondary N) is 2. The molecule has 1 heterocycles. The lowest BCUT2D eigenvalue weighted by Crippen LogP contribution is -2.21. The molecule has 2 amide bonds. The minimum absolute atomic E-state index is 0.187. The van der Waals surface area contributed by atoms with E-state index in [2.05, 4.69) is 10.6 Å². The zero-order chi connectivity index (χ0) is 25.5. The number of esters is 2. The molecule has 9 heteroatoms. The number of anilines is 2. The molecule has 0 fully saturated rings. The Morgan fingerprint density at radius 2 is 1.51 bits per heavy atom. The summed E-state index contributed by atoms with van der Waals surface area (Å²) in [6, 6.07) is 13.8. The molecule has 0 bridgehead atoms. The summed E-state index contributed by atoms with van der Waals surface area (Å²) in [6.45, 7) is 6.58. The smallest absolute Gasteiger partial charge is 0.341 e. The lowest BCUT2D eigenvalue weighted by molar-refractivity contribution is -0.119. The third-order valence-electron chi connectivity index (χ3n) is 4.93. The molecule has 182 valence electrons. The fourth-order valence-corrected chi connectivity index (χ4v) is 4.45. The molecule has 3 rings (SSSR count). The van der Waals surface area contributed by atoms with Gasteiger partial charge >= 0.3 is 11.9 Å². The van der Waals surface area contributed by atoms with E-state index >= 15 is 0 Å². The summed E-state index contributed by atoms with van der Waals surface area (Å²) in [5.74, 6) is -2.05. The molecular formula is C26H26N2O6S. The van der Waals surface area contributed by atoms with E-state index in [0.717, 1.165) is 16.0 Å². The van der Waals surface area contributed by atoms with Gasteiger partial charge in [0.05, 0.1) is 12.2 Å². The van der Waals surface area contributed by atoms with E-state index in [-0.39, 0.29) is 23.6 Å². The van der Waals surface area contributed by atoms with Gasteiger partial charge in [0.2, 0.25) is 5.91 Å². The molecule has 0 unspecified atom stereocenters. The van der Waals surface area contributed by atoms with Crippen LogP contribution in [0.25, 0.3) is 11.1 Å². The van der Waals surface area contributed by atoms with Gasteiger partial charge in [-0.1, -0.05) is 29.8 Å². The summed E-state index contributed by atoms with van der Waals surface area (Å²) in [5, 5.41) is 5.62. The molecule has 2 N–H and O–H groups in total. The first-order chi connectivity index (χ1) is 16.7. The quantitative estimate of drug-likeness (QED) is 0.428. The first-order valence-corrected chi connectivity index (χ1v) is 11.7. The number of benzene rings is 2. The van der Waals surface area contributed by atoms with Crippen LogP contribution in [0.15, 0.2) is 48.5 Å². The van der Waals surface area contributed by atoms with Gasteiger partial charge in [0.15, 0.2) is 6.61 Å². The first-order valence-electron chi connectivity index (χ1n) is 10.9. The molecular weight excluding hydrogens is 468 g/mol. The fourth-order valence-electron chi connectivity index (χ4n) is 3.37. The van der Waals surface area contributed by atoms with Gasteiger partial charge in [0.1, 0.15) is 10.6 Å². The van der Waals surface area contributed by atoms with E-state index < -0.39 is 24.5 Å². The maximum atomic E-state index is 12.8. The van der Waals surface area contributed by atoms with Crippen LogP contribution in [0.3, 0.4) is 0 Å². The van der Waals surface area contributed by atoms with Gasteiger partial charge < -0.3 is 20.1 Å². The molecule has 3 aromatic rings. The standard InChI is InChI=1S/C26H26N2O6S/c1-5-33-26(32)23-22(18-8-6-15(2)7-9-18)16(3)35-24(23)28-21(30)14-34-25(31)19-10-12-20(13-11-19)27-17(4)29/h6-13H,5,14H2,1-4H3,(H,27,29)(H,28,30). The van der Waals surface area contributed by atoms with Gasteiger partial charge in [-0.3, -0.25) is 9.59 Å². The van der Waals surface area contributed by atoms with E-state index in [4.69, 9.17) is 9.47 Å². The molecule has 1 aromatic heterocycles. The van der Waals surface area contributed by atoms with Crippen LogP contribution in [0, 0.1) is 13.8 Å². The second-order valence-electron chi connectivity index (χ2n) is 7.71. The summed E-state index contributed by atoms with van der Waals surface area (Å²) in [4.78, 5) is 49.6. The van der Waals surface area contributed by atoms with Crippen molar-refractivity contribution in [2.75, 3.05) is 23.8 Å². The minimum atomic E-state index is -0.692. The van der Waals surface area contributed by atoms with Crippen LogP contribution in [0.1, 0.15) is 45.0 Å². The lowest BCUT2D eigenvalue weighted by Gasteiger charge is -2.10. The topological polar surface area (TPSA) is 111 Å². The minimum Gasteiger partial charge on any atom is -0.462 e. The molecule has 0 aliphatic heterocycles. The molecule has 0 aliphatic rings. The summed E-state index contributed by atoms with van der Waals surface area (Å²) in [5.41, 5.74) is 3.65. The maximum Gasteiger partial charge on any atom is 0.341 e. The van der Waals surface area contributed by atoms with Gasteiger partial charge in [-0.05, 0) is 50.6 Å². The number of carbonyl (C=O) groups excluding carboxylic acids is 4. The van der Waals surface area contributed by atoms with E-state index in [1.165, 1.54) is 30.4 Å². The molecule has 0 saturated heterocycles. The van der Waals surface area contributed by atoms with Crippen LogP contribution in [0.2, 0.25) is 0 Å². The van der Waals surface area contributed by atoms with Gasteiger partial charge in [0, 0.05) is 23.1 Å². The summed E-state index contributed by atoms with van der Waals surface area (Å²) < 4.78 is 10.4. The van der Waals surface area contributed by atoms with Crippen LogP contribution >= 0.6 is 11.3 Å². The van der Waals surface area contributed by atoms with Crippen molar-refractivity contribution in [2.45, 2.75) is 27.7 Å². The monoisotopic (exact) mass is 494 g/mol.